The molecule has 0 radical (unpaired) electrons. The predicted octanol–water partition coefficient (Wildman–Crippen LogP) is 3.62. The van der Waals surface area contributed by atoms with E-state index < -0.39 is 0 Å². The minimum absolute atomic E-state index is 0.0670. The molecule has 146 valence electrons. The van der Waals surface area contributed by atoms with Gasteiger partial charge in [-0.1, -0.05) is 17.8 Å². The first-order chi connectivity index (χ1) is 13.7. The van der Waals surface area contributed by atoms with E-state index in [1.54, 1.807) is 29.3 Å². The topological polar surface area (TPSA) is 63.1 Å². The second-order valence-electron chi connectivity index (χ2n) is 6.66. The summed E-state index contributed by atoms with van der Waals surface area (Å²) in [5.41, 5.74) is 2.63. The summed E-state index contributed by atoms with van der Waals surface area (Å²) < 4.78 is 1.98. The molecule has 4 rings (SSSR count). The maximum absolute atomic E-state index is 12.6. The average Bonchev–Trinajstić information content (AvgIpc) is 3.48. The molecule has 3 heterocycles. The highest BCUT2D eigenvalue weighted by molar-refractivity contribution is 7.98. The molecule has 6 nitrogen and oxygen atoms in total. The van der Waals surface area contributed by atoms with E-state index in [0.29, 0.717) is 12.1 Å². The van der Waals surface area contributed by atoms with E-state index in [4.69, 9.17) is 4.98 Å². The molecule has 1 N–H and O–H groups in total. The van der Waals surface area contributed by atoms with Crippen molar-refractivity contribution < 1.29 is 4.79 Å². The molecule has 3 aromatic rings. The van der Waals surface area contributed by atoms with E-state index >= 15 is 0 Å². The molecule has 28 heavy (non-hydrogen) atoms. The van der Waals surface area contributed by atoms with Gasteiger partial charge in [-0.25, -0.2) is 9.97 Å². The van der Waals surface area contributed by atoms with Crippen molar-refractivity contribution in [2.24, 2.45) is 0 Å². The van der Waals surface area contributed by atoms with Gasteiger partial charge >= 0.3 is 0 Å². The zero-order chi connectivity index (χ0) is 19.3. The highest BCUT2D eigenvalue weighted by atomic mass is 32.2. The average molecular weight is 414 g/mol. The lowest BCUT2D eigenvalue weighted by molar-refractivity contribution is 0.0954. The number of nitrogens with one attached hydrogen (secondary N) is 1. The van der Waals surface area contributed by atoms with Crippen molar-refractivity contribution in [3.8, 4) is 5.69 Å². The Hall–Kier alpha value is -2.32. The van der Waals surface area contributed by atoms with Crippen LogP contribution < -0.4 is 10.2 Å². The van der Waals surface area contributed by atoms with Crippen LogP contribution in [0.1, 0.15) is 28.9 Å². The van der Waals surface area contributed by atoms with Crippen molar-refractivity contribution in [2.45, 2.75) is 24.4 Å². The Morgan fingerprint density at radius 3 is 3.00 bits per heavy atom. The number of imidazole rings is 1. The fourth-order valence-corrected chi connectivity index (χ4v) is 4.75. The highest BCUT2D eigenvalue weighted by Crippen LogP contribution is 2.24. The molecule has 8 heteroatoms. The van der Waals surface area contributed by atoms with Gasteiger partial charge in [0.25, 0.3) is 5.91 Å². The Balaban J connectivity index is 1.35. The van der Waals surface area contributed by atoms with Crippen LogP contribution in [-0.4, -0.2) is 46.3 Å². The first-order valence-corrected chi connectivity index (χ1v) is 11.5. The molecule has 0 bridgehead atoms. The highest BCUT2D eigenvalue weighted by Gasteiger charge is 2.15. The van der Waals surface area contributed by atoms with E-state index in [1.807, 2.05) is 41.3 Å². The Morgan fingerprint density at radius 2 is 2.18 bits per heavy atom. The van der Waals surface area contributed by atoms with Crippen LogP contribution in [0.25, 0.3) is 5.69 Å². The third kappa shape index (κ3) is 4.23. The second-order valence-corrected chi connectivity index (χ2v) is 8.27. The summed E-state index contributed by atoms with van der Waals surface area (Å²) in [7, 11) is 0. The van der Waals surface area contributed by atoms with Gasteiger partial charge in [0.1, 0.15) is 0 Å². The smallest absolute Gasteiger partial charge is 0.251 e. The van der Waals surface area contributed by atoms with Gasteiger partial charge in [-0.3, -0.25) is 9.36 Å². The summed E-state index contributed by atoms with van der Waals surface area (Å²) in [6.45, 7) is 2.79. The molecule has 0 saturated carbocycles. The van der Waals surface area contributed by atoms with E-state index in [0.717, 1.165) is 41.2 Å². The predicted molar refractivity (Wildman–Crippen MR) is 115 cm³/mol. The number of hydrogen-bond donors (Lipinski definition) is 1. The molecule has 0 unspecified atom stereocenters. The molecule has 0 spiro atoms. The fourth-order valence-electron chi connectivity index (χ4n) is 3.31. The first kappa shape index (κ1) is 19.0. The lowest BCUT2D eigenvalue weighted by Crippen LogP contribution is -2.26. The summed E-state index contributed by atoms with van der Waals surface area (Å²) >= 11 is 3.27. The normalized spacial score (nSPS) is 13.8. The van der Waals surface area contributed by atoms with Crippen LogP contribution in [0.4, 0.5) is 5.13 Å². The summed E-state index contributed by atoms with van der Waals surface area (Å²) in [4.78, 5) is 23.9. The van der Waals surface area contributed by atoms with Crippen molar-refractivity contribution in [3.05, 3.63) is 53.3 Å². The minimum atomic E-state index is -0.0670. The Bertz CT molecular complexity index is 945. The number of hydrogen-bond acceptors (Lipinski definition) is 6. The van der Waals surface area contributed by atoms with Crippen molar-refractivity contribution in [1.82, 2.24) is 19.9 Å². The number of aromatic nitrogens is 3. The maximum atomic E-state index is 12.6. The third-order valence-electron chi connectivity index (χ3n) is 4.76. The van der Waals surface area contributed by atoms with E-state index in [2.05, 4.69) is 20.6 Å². The van der Waals surface area contributed by atoms with Crippen molar-refractivity contribution in [3.63, 3.8) is 0 Å². The number of carbonyl (C=O) groups excluding carboxylic acids is 1. The quantitative estimate of drug-likeness (QED) is 0.600. The number of nitrogens with zero attached hydrogens (tertiary/aromatic N) is 4. The van der Waals surface area contributed by atoms with Crippen molar-refractivity contribution in [2.75, 3.05) is 30.8 Å². The molecular formula is C20H23N5OS2. The summed E-state index contributed by atoms with van der Waals surface area (Å²) in [5.74, 6) is -0.0670. The Morgan fingerprint density at radius 1 is 1.32 bits per heavy atom. The summed E-state index contributed by atoms with van der Waals surface area (Å²) in [5, 5.41) is 7.12. The van der Waals surface area contributed by atoms with Gasteiger partial charge in [0.05, 0.1) is 5.69 Å². The maximum Gasteiger partial charge on any atom is 0.251 e. The first-order valence-electron chi connectivity index (χ1n) is 9.40. The SMILES string of the molecule is CSc1nccn1-c1cccc(C(=O)NCCc2csc(N3CCCC3)n2)c1. The number of thioether (sulfide) groups is 1. The van der Waals surface area contributed by atoms with Crippen LogP contribution in [0.15, 0.2) is 47.2 Å². The molecular weight excluding hydrogens is 390 g/mol. The monoisotopic (exact) mass is 413 g/mol. The summed E-state index contributed by atoms with van der Waals surface area (Å²) in [6.07, 6.45) is 8.91. The van der Waals surface area contributed by atoms with Gasteiger partial charge in [-0.2, -0.15) is 0 Å². The number of rotatable bonds is 7. The van der Waals surface area contributed by atoms with Crippen LogP contribution in [0.2, 0.25) is 0 Å². The van der Waals surface area contributed by atoms with Gasteiger partial charge < -0.3 is 10.2 Å². The number of anilines is 1. The zero-order valence-corrected chi connectivity index (χ0v) is 17.4. The van der Waals surface area contributed by atoms with Crippen LogP contribution in [0, 0.1) is 0 Å². The number of thiazole rings is 1. The molecule has 1 saturated heterocycles. The largest absolute Gasteiger partial charge is 0.352 e. The van der Waals surface area contributed by atoms with Crippen LogP contribution >= 0.6 is 23.1 Å². The van der Waals surface area contributed by atoms with Crippen molar-refractivity contribution >= 4 is 34.1 Å². The molecule has 1 amide bonds. The minimum Gasteiger partial charge on any atom is -0.352 e. The van der Waals surface area contributed by atoms with E-state index in [9.17, 15) is 4.79 Å². The lowest BCUT2D eigenvalue weighted by atomic mass is 10.2. The lowest BCUT2D eigenvalue weighted by Gasteiger charge is -2.12. The standard InChI is InChI=1S/C20H23N5OS2/c1-27-19-22-9-12-25(19)17-6-4-5-15(13-17)18(26)21-8-7-16-14-28-20(23-16)24-10-2-3-11-24/h4-6,9,12-14H,2-3,7-8,10-11H2,1H3,(H,21,26). The van der Waals surface area contributed by atoms with E-state index in [1.165, 1.54) is 12.8 Å². The Kier molecular flexibility index (Phi) is 5.97. The van der Waals surface area contributed by atoms with Gasteiger partial charge in [0.2, 0.25) is 0 Å². The molecule has 1 fully saturated rings. The van der Waals surface area contributed by atoms with Gasteiger partial charge in [0.15, 0.2) is 10.3 Å². The zero-order valence-electron chi connectivity index (χ0n) is 15.8. The third-order valence-corrected chi connectivity index (χ3v) is 6.38. The second kappa shape index (κ2) is 8.79. The van der Waals surface area contributed by atoms with Crippen LogP contribution in [0.3, 0.4) is 0 Å². The number of benzene rings is 1. The number of carbonyl (C=O) groups is 1. The molecule has 1 aliphatic rings. The molecule has 1 aliphatic heterocycles. The fraction of sp³-hybridized carbons (Fsp3) is 0.350. The number of amides is 1. The van der Waals surface area contributed by atoms with Crippen LogP contribution in [-0.2, 0) is 6.42 Å². The van der Waals surface area contributed by atoms with Gasteiger partial charge in [0, 0.05) is 55.1 Å². The molecule has 1 aromatic carbocycles. The van der Waals surface area contributed by atoms with Gasteiger partial charge in [-0.15, -0.1) is 11.3 Å². The van der Waals surface area contributed by atoms with Gasteiger partial charge in [-0.05, 0) is 37.3 Å². The Labute approximate surface area is 173 Å². The molecule has 2 aromatic heterocycles. The van der Waals surface area contributed by atoms with E-state index in [-0.39, 0.29) is 5.91 Å². The van der Waals surface area contributed by atoms with Crippen molar-refractivity contribution in [1.29, 1.82) is 0 Å². The molecule has 0 aliphatic carbocycles. The summed E-state index contributed by atoms with van der Waals surface area (Å²) in [6, 6.07) is 7.61. The molecule has 0 atom stereocenters. The van der Waals surface area contributed by atoms with Crippen LogP contribution in [0.5, 0.6) is 0 Å².